The van der Waals surface area contributed by atoms with Crippen LogP contribution in [0, 0.1) is 5.82 Å². The lowest BCUT2D eigenvalue weighted by molar-refractivity contribution is -0.134. The molecule has 3 heterocycles. The van der Waals surface area contributed by atoms with E-state index < -0.39 is 0 Å². The van der Waals surface area contributed by atoms with Crippen molar-refractivity contribution in [2.24, 2.45) is 0 Å². The van der Waals surface area contributed by atoms with Gasteiger partial charge in [-0.2, -0.15) is 5.10 Å². The molecule has 0 radical (unpaired) electrons. The van der Waals surface area contributed by atoms with Crippen molar-refractivity contribution in [3.63, 3.8) is 0 Å². The fraction of sp³-hybridized carbons (Fsp3) is 0.444. The van der Waals surface area contributed by atoms with E-state index >= 15 is 0 Å². The highest BCUT2D eigenvalue weighted by molar-refractivity contribution is 5.84. The molecule has 5 nitrogen and oxygen atoms in total. The molecule has 6 heteroatoms. The lowest BCUT2D eigenvalue weighted by atomic mass is 10.1. The van der Waals surface area contributed by atoms with Gasteiger partial charge in [0, 0.05) is 37.3 Å². The SMILES string of the molecule is C[C@H](c1ccc(F)cc1)N1CC[C@H](N2CCc3[nH]ncc3C2)C1=O. The summed E-state index contributed by atoms with van der Waals surface area (Å²) in [5.74, 6) is -0.0698. The zero-order chi connectivity index (χ0) is 16.7. The minimum Gasteiger partial charge on any atom is -0.335 e. The molecular formula is C18H21FN4O. The summed E-state index contributed by atoms with van der Waals surface area (Å²) in [7, 11) is 0. The zero-order valence-electron chi connectivity index (χ0n) is 13.7. The van der Waals surface area contributed by atoms with E-state index in [4.69, 9.17) is 0 Å². The largest absolute Gasteiger partial charge is 0.335 e. The molecule has 2 aliphatic rings. The molecular weight excluding hydrogens is 307 g/mol. The maximum atomic E-state index is 13.1. The Bertz CT molecular complexity index is 742. The number of carbonyl (C=O) groups excluding carboxylic acids is 1. The summed E-state index contributed by atoms with van der Waals surface area (Å²) in [6.45, 7) is 4.42. The third kappa shape index (κ3) is 2.60. The molecule has 2 aromatic rings. The number of fused-ring (bicyclic) bond motifs is 1. The van der Waals surface area contributed by atoms with Crippen molar-refractivity contribution in [2.45, 2.75) is 38.4 Å². The van der Waals surface area contributed by atoms with Gasteiger partial charge in [-0.3, -0.25) is 14.8 Å². The summed E-state index contributed by atoms with van der Waals surface area (Å²) in [6, 6.07) is 6.34. The quantitative estimate of drug-likeness (QED) is 0.940. The number of carbonyl (C=O) groups is 1. The number of benzene rings is 1. The van der Waals surface area contributed by atoms with Crippen LogP contribution in [0.25, 0.3) is 0 Å². The summed E-state index contributed by atoms with van der Waals surface area (Å²) in [5, 5.41) is 7.13. The molecule has 0 spiro atoms. The van der Waals surface area contributed by atoms with Crippen LogP contribution >= 0.6 is 0 Å². The molecule has 2 atom stereocenters. The maximum Gasteiger partial charge on any atom is 0.240 e. The topological polar surface area (TPSA) is 52.2 Å². The molecule has 1 N–H and O–H groups in total. The molecule has 1 aromatic heterocycles. The zero-order valence-corrected chi connectivity index (χ0v) is 13.7. The number of H-pyrrole nitrogens is 1. The average molecular weight is 328 g/mol. The third-order valence-corrected chi connectivity index (χ3v) is 5.30. The summed E-state index contributed by atoms with van der Waals surface area (Å²) in [6.07, 6.45) is 3.62. The fourth-order valence-corrected chi connectivity index (χ4v) is 3.84. The van der Waals surface area contributed by atoms with Crippen LogP contribution in [0.4, 0.5) is 4.39 Å². The molecule has 1 amide bonds. The van der Waals surface area contributed by atoms with Gasteiger partial charge in [-0.15, -0.1) is 0 Å². The molecule has 0 saturated carbocycles. The van der Waals surface area contributed by atoms with Gasteiger partial charge in [0.1, 0.15) is 5.82 Å². The second-order valence-corrected chi connectivity index (χ2v) is 6.66. The summed E-state index contributed by atoms with van der Waals surface area (Å²) in [4.78, 5) is 17.1. The fourth-order valence-electron chi connectivity index (χ4n) is 3.84. The standard InChI is InChI=1S/C18H21FN4O/c1-12(13-2-4-15(19)5-3-13)23-9-7-17(18(23)24)22-8-6-16-14(11-22)10-20-21-16/h2-5,10,12,17H,6-9,11H2,1H3,(H,20,21)/t12-,17+/m1/s1. The molecule has 1 fully saturated rings. The van der Waals surface area contributed by atoms with Crippen LogP contribution in [0.1, 0.15) is 36.2 Å². The Morgan fingerprint density at radius 1 is 1.29 bits per heavy atom. The van der Waals surface area contributed by atoms with E-state index in [1.165, 1.54) is 23.4 Å². The van der Waals surface area contributed by atoms with E-state index in [-0.39, 0.29) is 23.8 Å². The van der Waals surface area contributed by atoms with Gasteiger partial charge in [-0.25, -0.2) is 4.39 Å². The van der Waals surface area contributed by atoms with Crippen molar-refractivity contribution in [1.82, 2.24) is 20.0 Å². The van der Waals surface area contributed by atoms with E-state index in [9.17, 15) is 9.18 Å². The Balaban J connectivity index is 1.47. The van der Waals surface area contributed by atoms with Crippen molar-refractivity contribution in [3.8, 4) is 0 Å². The van der Waals surface area contributed by atoms with Crippen LogP contribution in [0.15, 0.2) is 30.5 Å². The first-order valence-corrected chi connectivity index (χ1v) is 8.44. The van der Waals surface area contributed by atoms with Crippen LogP contribution < -0.4 is 0 Å². The van der Waals surface area contributed by atoms with E-state index in [1.54, 1.807) is 12.1 Å². The van der Waals surface area contributed by atoms with E-state index in [0.717, 1.165) is 38.0 Å². The van der Waals surface area contributed by atoms with Crippen molar-refractivity contribution >= 4 is 5.91 Å². The van der Waals surface area contributed by atoms with Crippen LogP contribution in [-0.2, 0) is 17.8 Å². The highest BCUT2D eigenvalue weighted by Crippen LogP contribution is 2.30. The lowest BCUT2D eigenvalue weighted by Crippen LogP contribution is -2.44. The Kier molecular flexibility index (Phi) is 3.84. The number of halogens is 1. The molecule has 1 aromatic carbocycles. The molecule has 0 unspecified atom stereocenters. The predicted molar refractivity (Wildman–Crippen MR) is 87.6 cm³/mol. The number of nitrogens with one attached hydrogen (secondary N) is 1. The molecule has 126 valence electrons. The first-order chi connectivity index (χ1) is 11.6. The van der Waals surface area contributed by atoms with E-state index in [2.05, 4.69) is 15.1 Å². The minimum atomic E-state index is -0.249. The highest BCUT2D eigenvalue weighted by Gasteiger charge is 2.39. The van der Waals surface area contributed by atoms with Crippen LogP contribution in [0.3, 0.4) is 0 Å². The van der Waals surface area contributed by atoms with Gasteiger partial charge in [0.15, 0.2) is 0 Å². The Morgan fingerprint density at radius 3 is 2.88 bits per heavy atom. The number of rotatable bonds is 3. The molecule has 0 aliphatic carbocycles. The number of amides is 1. The minimum absolute atomic E-state index is 0.0302. The first kappa shape index (κ1) is 15.3. The normalized spacial score (nSPS) is 22.7. The Labute approximate surface area is 140 Å². The Hall–Kier alpha value is -2.21. The maximum absolute atomic E-state index is 13.1. The summed E-state index contributed by atoms with van der Waals surface area (Å²) in [5.41, 5.74) is 3.36. The van der Waals surface area contributed by atoms with Crippen molar-refractivity contribution < 1.29 is 9.18 Å². The van der Waals surface area contributed by atoms with Crippen molar-refractivity contribution in [2.75, 3.05) is 13.1 Å². The van der Waals surface area contributed by atoms with Crippen LogP contribution in [0.2, 0.25) is 0 Å². The lowest BCUT2D eigenvalue weighted by Gasteiger charge is -2.32. The Morgan fingerprint density at radius 2 is 2.08 bits per heavy atom. The second-order valence-electron chi connectivity index (χ2n) is 6.66. The molecule has 0 bridgehead atoms. The van der Waals surface area contributed by atoms with E-state index in [0.29, 0.717) is 0 Å². The van der Waals surface area contributed by atoms with Gasteiger partial charge in [-0.1, -0.05) is 12.1 Å². The van der Waals surface area contributed by atoms with E-state index in [1.807, 2.05) is 18.0 Å². The van der Waals surface area contributed by atoms with Crippen molar-refractivity contribution in [3.05, 3.63) is 53.1 Å². The van der Waals surface area contributed by atoms with Gasteiger partial charge >= 0.3 is 0 Å². The van der Waals surface area contributed by atoms with Gasteiger partial charge in [-0.05, 0) is 31.0 Å². The van der Waals surface area contributed by atoms with Crippen LogP contribution in [0.5, 0.6) is 0 Å². The number of likely N-dealkylation sites (tertiary alicyclic amines) is 1. The molecule has 24 heavy (non-hydrogen) atoms. The van der Waals surface area contributed by atoms with Gasteiger partial charge in [0.05, 0.1) is 18.3 Å². The number of aromatic nitrogens is 2. The summed E-state index contributed by atoms with van der Waals surface area (Å²) >= 11 is 0. The van der Waals surface area contributed by atoms with Gasteiger partial charge in [0.25, 0.3) is 0 Å². The monoisotopic (exact) mass is 328 g/mol. The molecule has 4 rings (SSSR count). The second kappa shape index (κ2) is 6.02. The van der Waals surface area contributed by atoms with Gasteiger partial charge in [0.2, 0.25) is 5.91 Å². The number of nitrogens with zero attached hydrogens (tertiary/aromatic N) is 3. The van der Waals surface area contributed by atoms with Crippen molar-refractivity contribution in [1.29, 1.82) is 0 Å². The molecule has 2 aliphatic heterocycles. The summed E-state index contributed by atoms with van der Waals surface area (Å²) < 4.78 is 13.1. The molecule has 1 saturated heterocycles. The number of aromatic amines is 1. The predicted octanol–water partition coefficient (Wildman–Crippen LogP) is 2.27. The number of hydrogen-bond acceptors (Lipinski definition) is 3. The highest BCUT2D eigenvalue weighted by atomic mass is 19.1. The van der Waals surface area contributed by atoms with Crippen LogP contribution in [-0.4, -0.2) is 45.0 Å². The van der Waals surface area contributed by atoms with Gasteiger partial charge < -0.3 is 4.90 Å². The third-order valence-electron chi connectivity index (χ3n) is 5.30. The smallest absolute Gasteiger partial charge is 0.240 e. The first-order valence-electron chi connectivity index (χ1n) is 8.44. The average Bonchev–Trinajstić information content (AvgIpc) is 3.20. The number of hydrogen-bond donors (Lipinski definition) is 1.